The van der Waals surface area contributed by atoms with E-state index in [0.717, 1.165) is 29.7 Å². The Morgan fingerprint density at radius 1 is 1.35 bits per heavy atom. The van der Waals surface area contributed by atoms with Crippen LogP contribution in [0.25, 0.3) is 0 Å². The number of benzene rings is 1. The van der Waals surface area contributed by atoms with Crippen molar-refractivity contribution in [1.29, 1.82) is 0 Å². The molecule has 0 saturated carbocycles. The Labute approximate surface area is 141 Å². The lowest BCUT2D eigenvalue weighted by molar-refractivity contribution is -0.133. The fraction of sp³-hybridized carbons (Fsp3) is 0.438. The molecule has 1 aliphatic rings. The molecule has 0 radical (unpaired) electrons. The summed E-state index contributed by atoms with van der Waals surface area (Å²) >= 11 is 5.21. The first-order valence-corrected chi connectivity index (χ1v) is 8.14. The SMILES string of the molecule is CCc1cccc(C)c1NC(=S)NNC(=O)CN1CCCC1=O. The largest absolute Gasteiger partial charge is 0.333 e. The van der Waals surface area contributed by atoms with Crippen LogP contribution in [0.1, 0.15) is 30.9 Å². The van der Waals surface area contributed by atoms with Gasteiger partial charge in [0.25, 0.3) is 5.91 Å². The van der Waals surface area contributed by atoms with Gasteiger partial charge in [-0.1, -0.05) is 25.1 Å². The molecule has 0 atom stereocenters. The van der Waals surface area contributed by atoms with Crippen molar-refractivity contribution < 1.29 is 9.59 Å². The maximum atomic E-state index is 11.8. The van der Waals surface area contributed by atoms with Gasteiger partial charge in [0, 0.05) is 18.7 Å². The zero-order valence-electron chi connectivity index (χ0n) is 13.4. The summed E-state index contributed by atoms with van der Waals surface area (Å²) in [5, 5.41) is 3.43. The van der Waals surface area contributed by atoms with Crippen molar-refractivity contribution in [3.8, 4) is 0 Å². The average Bonchev–Trinajstić information content (AvgIpc) is 2.92. The number of rotatable bonds is 4. The summed E-state index contributed by atoms with van der Waals surface area (Å²) in [6.45, 7) is 4.77. The van der Waals surface area contributed by atoms with Crippen LogP contribution in [0.2, 0.25) is 0 Å². The van der Waals surface area contributed by atoms with E-state index in [1.807, 2.05) is 25.1 Å². The van der Waals surface area contributed by atoms with Gasteiger partial charge in [-0.25, -0.2) is 0 Å². The molecule has 0 bridgehead atoms. The fourth-order valence-electron chi connectivity index (χ4n) is 2.56. The lowest BCUT2D eigenvalue weighted by Crippen LogP contribution is -2.48. The van der Waals surface area contributed by atoms with Crippen molar-refractivity contribution in [2.24, 2.45) is 0 Å². The molecule has 1 heterocycles. The van der Waals surface area contributed by atoms with Crippen LogP contribution in [0.4, 0.5) is 5.69 Å². The van der Waals surface area contributed by atoms with E-state index >= 15 is 0 Å². The highest BCUT2D eigenvalue weighted by atomic mass is 32.1. The zero-order valence-corrected chi connectivity index (χ0v) is 14.3. The molecule has 1 saturated heterocycles. The molecule has 0 spiro atoms. The number of carbonyl (C=O) groups is 2. The van der Waals surface area contributed by atoms with Gasteiger partial charge in [-0.15, -0.1) is 0 Å². The monoisotopic (exact) mass is 334 g/mol. The van der Waals surface area contributed by atoms with Gasteiger partial charge < -0.3 is 10.2 Å². The van der Waals surface area contributed by atoms with Crippen LogP contribution in [0.15, 0.2) is 18.2 Å². The second-order valence-corrected chi connectivity index (χ2v) is 5.92. The van der Waals surface area contributed by atoms with Crippen molar-refractivity contribution in [2.45, 2.75) is 33.1 Å². The molecule has 6 nitrogen and oxygen atoms in total. The third-order valence-electron chi connectivity index (χ3n) is 3.80. The number of likely N-dealkylation sites (tertiary alicyclic amines) is 1. The number of hydrogen-bond acceptors (Lipinski definition) is 3. The number of nitrogens with zero attached hydrogens (tertiary/aromatic N) is 1. The smallest absolute Gasteiger partial charge is 0.257 e. The third-order valence-corrected chi connectivity index (χ3v) is 4.00. The molecular formula is C16H22N4O2S. The van der Waals surface area contributed by atoms with Crippen LogP contribution in [-0.4, -0.2) is 34.9 Å². The Bertz CT molecular complexity index is 618. The predicted octanol–water partition coefficient (Wildman–Crippen LogP) is 1.50. The van der Waals surface area contributed by atoms with Gasteiger partial charge in [-0.3, -0.25) is 20.4 Å². The van der Waals surface area contributed by atoms with Gasteiger partial charge in [-0.2, -0.15) is 0 Å². The Kier molecular flexibility index (Phi) is 5.92. The van der Waals surface area contributed by atoms with Gasteiger partial charge in [0.2, 0.25) is 5.91 Å². The number of hydrazine groups is 1. The molecule has 1 aromatic rings. The number of carbonyl (C=O) groups excluding carboxylic acids is 2. The molecule has 1 aromatic carbocycles. The Morgan fingerprint density at radius 3 is 2.78 bits per heavy atom. The lowest BCUT2D eigenvalue weighted by atomic mass is 10.1. The van der Waals surface area contributed by atoms with E-state index in [0.29, 0.717) is 18.1 Å². The van der Waals surface area contributed by atoms with Gasteiger partial charge in [-0.05, 0) is 43.1 Å². The highest BCUT2D eigenvalue weighted by molar-refractivity contribution is 7.80. The van der Waals surface area contributed by atoms with E-state index in [9.17, 15) is 9.59 Å². The topological polar surface area (TPSA) is 73.5 Å². The van der Waals surface area contributed by atoms with Crippen LogP contribution in [0, 0.1) is 6.92 Å². The Morgan fingerprint density at radius 2 is 2.13 bits per heavy atom. The summed E-state index contributed by atoms with van der Waals surface area (Å²) in [6, 6.07) is 6.04. The first-order chi connectivity index (χ1) is 11.0. The molecule has 1 fully saturated rings. The fourth-order valence-corrected chi connectivity index (χ4v) is 2.71. The summed E-state index contributed by atoms with van der Waals surface area (Å²) in [6.07, 6.45) is 2.22. The molecule has 0 aromatic heterocycles. The lowest BCUT2D eigenvalue weighted by Gasteiger charge is -2.18. The Balaban J connectivity index is 1.83. The van der Waals surface area contributed by atoms with Gasteiger partial charge in [0.1, 0.15) is 6.54 Å². The van der Waals surface area contributed by atoms with Crippen molar-refractivity contribution in [2.75, 3.05) is 18.4 Å². The summed E-state index contributed by atoms with van der Waals surface area (Å²) in [4.78, 5) is 24.9. The van der Waals surface area contributed by atoms with E-state index in [1.165, 1.54) is 0 Å². The van der Waals surface area contributed by atoms with Crippen LogP contribution in [-0.2, 0) is 16.0 Å². The van der Waals surface area contributed by atoms with E-state index in [1.54, 1.807) is 4.90 Å². The molecule has 0 aliphatic carbocycles. The highest BCUT2D eigenvalue weighted by Crippen LogP contribution is 2.20. The minimum atomic E-state index is -0.287. The van der Waals surface area contributed by atoms with Crippen LogP contribution < -0.4 is 16.2 Å². The molecule has 1 aliphatic heterocycles. The maximum Gasteiger partial charge on any atom is 0.257 e. The molecule has 2 amide bonds. The second kappa shape index (κ2) is 7.92. The van der Waals surface area contributed by atoms with Crippen molar-refractivity contribution in [1.82, 2.24) is 15.8 Å². The second-order valence-electron chi connectivity index (χ2n) is 5.51. The number of anilines is 1. The minimum absolute atomic E-state index is 0.0216. The van der Waals surface area contributed by atoms with Crippen molar-refractivity contribution in [3.05, 3.63) is 29.3 Å². The van der Waals surface area contributed by atoms with Crippen molar-refractivity contribution >= 4 is 34.8 Å². The van der Waals surface area contributed by atoms with Gasteiger partial charge >= 0.3 is 0 Å². The zero-order chi connectivity index (χ0) is 16.8. The summed E-state index contributed by atoms with van der Waals surface area (Å²) in [5.41, 5.74) is 8.40. The van der Waals surface area contributed by atoms with Crippen LogP contribution in [0.5, 0.6) is 0 Å². The number of aryl methyl sites for hydroxylation is 2. The number of hydrogen-bond donors (Lipinski definition) is 3. The highest BCUT2D eigenvalue weighted by Gasteiger charge is 2.22. The van der Waals surface area contributed by atoms with E-state index in [2.05, 4.69) is 23.1 Å². The standard InChI is InChI=1S/C16H22N4O2S/c1-3-12-7-4-6-11(2)15(12)17-16(23)19-18-13(21)10-20-9-5-8-14(20)22/h4,6-7H,3,5,8-10H2,1-2H3,(H,18,21)(H2,17,19,23). The summed E-state index contributed by atoms with van der Waals surface area (Å²) in [5.74, 6) is -0.266. The molecule has 7 heteroatoms. The number of para-hydroxylation sites is 1. The molecule has 3 N–H and O–H groups in total. The van der Waals surface area contributed by atoms with Crippen molar-refractivity contribution in [3.63, 3.8) is 0 Å². The molecular weight excluding hydrogens is 312 g/mol. The molecule has 0 unspecified atom stereocenters. The van der Waals surface area contributed by atoms with E-state index < -0.39 is 0 Å². The average molecular weight is 334 g/mol. The third kappa shape index (κ3) is 4.66. The molecule has 124 valence electrons. The minimum Gasteiger partial charge on any atom is -0.333 e. The van der Waals surface area contributed by atoms with E-state index in [4.69, 9.17) is 12.2 Å². The van der Waals surface area contributed by atoms with Gasteiger partial charge in [0.15, 0.2) is 5.11 Å². The summed E-state index contributed by atoms with van der Waals surface area (Å²) in [7, 11) is 0. The molecule has 2 rings (SSSR count). The normalized spacial score (nSPS) is 13.8. The molecule has 23 heavy (non-hydrogen) atoms. The predicted molar refractivity (Wildman–Crippen MR) is 93.9 cm³/mol. The van der Waals surface area contributed by atoms with Gasteiger partial charge in [0.05, 0.1) is 0 Å². The van der Waals surface area contributed by atoms with E-state index in [-0.39, 0.29) is 18.4 Å². The Hall–Kier alpha value is -2.15. The number of amides is 2. The number of nitrogens with one attached hydrogen (secondary N) is 3. The quantitative estimate of drug-likeness (QED) is 0.575. The summed E-state index contributed by atoms with van der Waals surface area (Å²) < 4.78 is 0. The first kappa shape index (κ1) is 17.2. The number of thiocarbonyl (C=S) groups is 1. The van der Waals surface area contributed by atoms with Crippen LogP contribution in [0.3, 0.4) is 0 Å². The van der Waals surface area contributed by atoms with Crippen LogP contribution >= 0.6 is 12.2 Å². The first-order valence-electron chi connectivity index (χ1n) is 7.73. The maximum absolute atomic E-state index is 11.8.